The SMILES string of the molecule is COC[C@]12CC[C@@H](O)CC1=CC[C@@H]1[C@@H]2CC[C@]2(C)[C@@H](OC)CC[C@@H]12. The summed E-state index contributed by atoms with van der Waals surface area (Å²) in [5, 5.41) is 10.2. The predicted molar refractivity (Wildman–Crippen MR) is 94.7 cm³/mol. The molecule has 0 heterocycles. The molecule has 4 rings (SSSR count). The minimum absolute atomic E-state index is 0.143. The number of hydrogen-bond acceptors (Lipinski definition) is 3. The number of fused-ring (bicyclic) bond motifs is 5. The number of allylic oxidation sites excluding steroid dienone is 1. The summed E-state index contributed by atoms with van der Waals surface area (Å²) in [6, 6.07) is 0. The van der Waals surface area contributed by atoms with Crippen molar-refractivity contribution in [3.63, 3.8) is 0 Å². The molecule has 0 radical (unpaired) electrons. The second-order valence-corrected chi connectivity index (χ2v) is 9.17. The van der Waals surface area contributed by atoms with E-state index in [0.717, 1.165) is 43.6 Å². The molecule has 136 valence electrons. The summed E-state index contributed by atoms with van der Waals surface area (Å²) in [6.45, 7) is 3.33. The highest BCUT2D eigenvalue weighted by atomic mass is 16.5. The lowest BCUT2D eigenvalue weighted by Crippen LogP contribution is -2.53. The van der Waals surface area contributed by atoms with Gasteiger partial charge in [0.1, 0.15) is 0 Å². The molecule has 7 atom stereocenters. The molecule has 4 aliphatic carbocycles. The van der Waals surface area contributed by atoms with Gasteiger partial charge in [0.05, 0.1) is 18.8 Å². The van der Waals surface area contributed by atoms with Crippen LogP contribution < -0.4 is 0 Å². The molecule has 0 amide bonds. The smallest absolute Gasteiger partial charge is 0.0627 e. The summed E-state index contributed by atoms with van der Waals surface area (Å²) in [5.74, 6) is 2.30. The van der Waals surface area contributed by atoms with Crippen molar-refractivity contribution in [1.29, 1.82) is 0 Å². The van der Waals surface area contributed by atoms with Crippen LogP contribution in [0.3, 0.4) is 0 Å². The Bertz CT molecular complexity index is 515. The molecule has 1 N–H and O–H groups in total. The summed E-state index contributed by atoms with van der Waals surface area (Å²) in [4.78, 5) is 0. The van der Waals surface area contributed by atoms with Gasteiger partial charge in [-0.25, -0.2) is 0 Å². The molecule has 3 saturated carbocycles. The molecule has 0 unspecified atom stereocenters. The van der Waals surface area contributed by atoms with Crippen LogP contribution in [0.25, 0.3) is 0 Å². The molecule has 0 saturated heterocycles. The molecular formula is C21H34O3. The van der Waals surface area contributed by atoms with E-state index in [1.54, 1.807) is 0 Å². The summed E-state index contributed by atoms with van der Waals surface area (Å²) in [6.07, 6.45) is 12.1. The first-order valence-electron chi connectivity index (χ1n) is 9.94. The van der Waals surface area contributed by atoms with Gasteiger partial charge >= 0.3 is 0 Å². The molecule has 4 aliphatic rings. The normalized spacial score (nSPS) is 50.7. The van der Waals surface area contributed by atoms with E-state index in [0.29, 0.717) is 11.5 Å². The van der Waals surface area contributed by atoms with Gasteiger partial charge in [-0.15, -0.1) is 0 Å². The fraction of sp³-hybridized carbons (Fsp3) is 0.905. The van der Waals surface area contributed by atoms with Crippen molar-refractivity contribution in [3.05, 3.63) is 11.6 Å². The second kappa shape index (κ2) is 6.10. The lowest BCUT2D eigenvalue weighted by molar-refractivity contribution is -0.100. The van der Waals surface area contributed by atoms with Crippen molar-refractivity contribution < 1.29 is 14.6 Å². The minimum Gasteiger partial charge on any atom is -0.393 e. The maximum Gasteiger partial charge on any atom is 0.0627 e. The Labute approximate surface area is 146 Å². The number of rotatable bonds is 3. The van der Waals surface area contributed by atoms with Gasteiger partial charge in [-0.2, -0.15) is 0 Å². The molecular weight excluding hydrogens is 300 g/mol. The molecule has 3 nitrogen and oxygen atoms in total. The fourth-order valence-electron chi connectivity index (χ4n) is 7.30. The van der Waals surface area contributed by atoms with Gasteiger partial charge in [0, 0.05) is 19.6 Å². The predicted octanol–water partition coefficient (Wildman–Crippen LogP) is 3.95. The van der Waals surface area contributed by atoms with E-state index < -0.39 is 0 Å². The molecule has 0 aromatic carbocycles. The van der Waals surface area contributed by atoms with Crippen LogP contribution in [-0.4, -0.2) is 38.1 Å². The van der Waals surface area contributed by atoms with Gasteiger partial charge in [0.25, 0.3) is 0 Å². The van der Waals surface area contributed by atoms with Crippen LogP contribution in [0.2, 0.25) is 0 Å². The van der Waals surface area contributed by atoms with E-state index in [-0.39, 0.29) is 11.5 Å². The van der Waals surface area contributed by atoms with Gasteiger partial charge in [-0.05, 0) is 74.5 Å². The van der Waals surface area contributed by atoms with Crippen molar-refractivity contribution in [1.82, 2.24) is 0 Å². The van der Waals surface area contributed by atoms with Crippen LogP contribution in [0.1, 0.15) is 58.3 Å². The minimum atomic E-state index is -0.143. The van der Waals surface area contributed by atoms with Gasteiger partial charge in [0.15, 0.2) is 0 Å². The third-order valence-corrected chi connectivity index (χ3v) is 8.40. The van der Waals surface area contributed by atoms with E-state index in [4.69, 9.17) is 9.47 Å². The van der Waals surface area contributed by atoms with Crippen LogP contribution in [0.15, 0.2) is 11.6 Å². The second-order valence-electron chi connectivity index (χ2n) is 9.17. The Morgan fingerprint density at radius 3 is 2.71 bits per heavy atom. The molecule has 0 bridgehead atoms. The summed E-state index contributed by atoms with van der Waals surface area (Å²) >= 11 is 0. The molecule has 0 aromatic heterocycles. The quantitative estimate of drug-likeness (QED) is 0.794. The number of methoxy groups -OCH3 is 2. The Balaban J connectivity index is 1.68. The third-order valence-electron chi connectivity index (χ3n) is 8.40. The van der Waals surface area contributed by atoms with E-state index >= 15 is 0 Å². The van der Waals surface area contributed by atoms with Crippen molar-refractivity contribution in [3.8, 4) is 0 Å². The summed E-state index contributed by atoms with van der Waals surface area (Å²) < 4.78 is 11.6. The maximum absolute atomic E-state index is 10.2. The summed E-state index contributed by atoms with van der Waals surface area (Å²) in [7, 11) is 3.75. The highest BCUT2D eigenvalue weighted by Gasteiger charge is 2.60. The van der Waals surface area contributed by atoms with E-state index in [1.165, 1.54) is 37.7 Å². The zero-order chi connectivity index (χ0) is 16.9. The largest absolute Gasteiger partial charge is 0.393 e. The number of aliphatic hydroxyl groups is 1. The molecule has 3 fully saturated rings. The topological polar surface area (TPSA) is 38.7 Å². The highest BCUT2D eigenvalue weighted by Crippen LogP contribution is 2.65. The van der Waals surface area contributed by atoms with Gasteiger partial charge < -0.3 is 14.6 Å². The Morgan fingerprint density at radius 1 is 1.12 bits per heavy atom. The average molecular weight is 335 g/mol. The first-order valence-corrected chi connectivity index (χ1v) is 9.94. The molecule has 3 heteroatoms. The van der Waals surface area contributed by atoms with Gasteiger partial charge in [0.2, 0.25) is 0 Å². The van der Waals surface area contributed by atoms with Gasteiger partial charge in [-0.3, -0.25) is 0 Å². The summed E-state index contributed by atoms with van der Waals surface area (Å²) in [5.41, 5.74) is 2.07. The maximum atomic E-state index is 10.2. The zero-order valence-electron chi connectivity index (χ0n) is 15.6. The van der Waals surface area contributed by atoms with Crippen molar-refractivity contribution >= 4 is 0 Å². The zero-order valence-corrected chi connectivity index (χ0v) is 15.6. The Morgan fingerprint density at radius 2 is 1.96 bits per heavy atom. The molecule has 0 aromatic rings. The Kier molecular flexibility index (Phi) is 4.34. The standard InChI is InChI=1S/C21H34O3/c1-20-10-9-18-16(17(20)6-7-19(20)24-3)5-4-14-12-15(22)8-11-21(14,18)13-23-2/h4,15-19,22H,5-13H2,1-3H3/t15-,16+,17+,18+,19+,20+,21-/m1/s1. The van der Waals surface area contributed by atoms with Gasteiger partial charge in [-0.1, -0.05) is 18.6 Å². The lowest BCUT2D eigenvalue weighted by Gasteiger charge is -2.58. The van der Waals surface area contributed by atoms with Crippen molar-refractivity contribution in [2.75, 3.05) is 20.8 Å². The molecule has 0 aliphatic heterocycles. The molecule has 0 spiro atoms. The Hall–Kier alpha value is -0.380. The average Bonchev–Trinajstić information content (AvgIpc) is 2.92. The number of aliphatic hydroxyl groups excluding tert-OH is 1. The van der Waals surface area contributed by atoms with Crippen LogP contribution in [0, 0.1) is 28.6 Å². The highest BCUT2D eigenvalue weighted by molar-refractivity contribution is 5.26. The first kappa shape index (κ1) is 17.1. The first-order chi connectivity index (χ1) is 11.5. The van der Waals surface area contributed by atoms with Crippen LogP contribution in [-0.2, 0) is 9.47 Å². The van der Waals surface area contributed by atoms with Crippen molar-refractivity contribution in [2.45, 2.75) is 70.5 Å². The number of hydrogen-bond donors (Lipinski definition) is 1. The fourth-order valence-corrected chi connectivity index (χ4v) is 7.30. The van der Waals surface area contributed by atoms with E-state index in [1.807, 2.05) is 14.2 Å². The third kappa shape index (κ3) is 2.27. The monoisotopic (exact) mass is 334 g/mol. The van der Waals surface area contributed by atoms with Crippen molar-refractivity contribution in [2.24, 2.45) is 28.6 Å². The molecule has 24 heavy (non-hydrogen) atoms. The van der Waals surface area contributed by atoms with Crippen LogP contribution >= 0.6 is 0 Å². The lowest BCUT2D eigenvalue weighted by atomic mass is 9.47. The van der Waals surface area contributed by atoms with Crippen LogP contribution in [0.5, 0.6) is 0 Å². The van der Waals surface area contributed by atoms with Crippen LogP contribution in [0.4, 0.5) is 0 Å². The van der Waals surface area contributed by atoms with E-state index in [2.05, 4.69) is 13.0 Å². The number of ether oxygens (including phenoxy) is 2. The van der Waals surface area contributed by atoms with E-state index in [9.17, 15) is 5.11 Å².